The van der Waals surface area contributed by atoms with Crippen molar-refractivity contribution in [1.29, 1.82) is 0 Å². The standard InChI is InChI=1S/C69H48N4/c1-4-22-52(23-5-1)72-66-30-9-3-8-28-60(66)62-46-56(42-44-68(62)72)70(64-32-16-20-50-18-10-12-26-58(50)64)54-38-34-48(35-39-54)49-36-40-55(41-37-49)71(65-33-17-21-51-19-11-13-27-59(51)65)57-43-45-69-63(47-57)61-29-14-15-31-67(61)73(69)53-24-6-2-7-25-53/h1-2,4-47H,3H2. The summed E-state index contributed by atoms with van der Waals surface area (Å²) < 4.78 is 4.78. The molecule has 0 aliphatic heterocycles. The van der Waals surface area contributed by atoms with Crippen LogP contribution in [0, 0.1) is 0 Å². The Morgan fingerprint density at radius 1 is 0.301 bits per heavy atom. The summed E-state index contributed by atoms with van der Waals surface area (Å²) in [7, 11) is 0. The van der Waals surface area contributed by atoms with Gasteiger partial charge in [0.15, 0.2) is 0 Å². The number of allylic oxidation sites excluding steroid dienone is 2. The third-order valence-electron chi connectivity index (χ3n) is 14.7. The molecule has 2 aromatic heterocycles. The Morgan fingerprint density at radius 3 is 1.33 bits per heavy atom. The monoisotopic (exact) mass is 932 g/mol. The maximum absolute atomic E-state index is 2.42. The maximum atomic E-state index is 2.42. The van der Waals surface area contributed by atoms with Crippen molar-refractivity contribution in [2.45, 2.75) is 6.42 Å². The molecule has 0 N–H and O–H groups in total. The summed E-state index contributed by atoms with van der Waals surface area (Å²) in [5, 5.41) is 8.47. The van der Waals surface area contributed by atoms with Gasteiger partial charge >= 0.3 is 0 Å². The van der Waals surface area contributed by atoms with Gasteiger partial charge in [-0.05, 0) is 138 Å². The number of benzene rings is 11. The Labute approximate surface area is 424 Å². The van der Waals surface area contributed by atoms with E-state index in [0.717, 1.165) is 63.0 Å². The summed E-state index contributed by atoms with van der Waals surface area (Å²) in [4.78, 5) is 4.84. The summed E-state index contributed by atoms with van der Waals surface area (Å²) >= 11 is 0. The van der Waals surface area contributed by atoms with Crippen molar-refractivity contribution in [1.82, 2.24) is 9.13 Å². The van der Waals surface area contributed by atoms with Gasteiger partial charge in [-0.15, -0.1) is 0 Å². The van der Waals surface area contributed by atoms with Gasteiger partial charge in [0, 0.05) is 66.6 Å². The molecular formula is C69H48N4. The molecule has 0 fully saturated rings. The number of hydrogen-bond acceptors (Lipinski definition) is 2. The van der Waals surface area contributed by atoms with Gasteiger partial charge in [0.1, 0.15) is 0 Å². The molecule has 2 heterocycles. The molecule has 0 unspecified atom stereocenters. The van der Waals surface area contributed by atoms with E-state index in [4.69, 9.17) is 0 Å². The minimum atomic E-state index is 0.906. The molecule has 11 aromatic carbocycles. The molecule has 1 aliphatic rings. The van der Waals surface area contributed by atoms with Gasteiger partial charge in [0.25, 0.3) is 0 Å². The predicted octanol–water partition coefficient (Wildman–Crippen LogP) is 19.1. The molecule has 4 heteroatoms. The Balaban J connectivity index is 0.869. The van der Waals surface area contributed by atoms with Crippen LogP contribution in [0.15, 0.2) is 267 Å². The van der Waals surface area contributed by atoms with Crippen LogP contribution in [0.4, 0.5) is 34.1 Å². The smallest absolute Gasteiger partial charge is 0.0542 e. The zero-order valence-electron chi connectivity index (χ0n) is 40.1. The molecule has 0 radical (unpaired) electrons. The van der Waals surface area contributed by atoms with Crippen LogP contribution in [-0.4, -0.2) is 9.13 Å². The Kier molecular flexibility index (Phi) is 10.2. The van der Waals surface area contributed by atoms with Crippen LogP contribution in [0.5, 0.6) is 0 Å². The third-order valence-corrected chi connectivity index (χ3v) is 14.7. The van der Waals surface area contributed by atoms with E-state index < -0.39 is 0 Å². The summed E-state index contributed by atoms with van der Waals surface area (Å²) in [6.45, 7) is 0. The average molecular weight is 933 g/mol. The molecule has 344 valence electrons. The number of rotatable bonds is 9. The van der Waals surface area contributed by atoms with Gasteiger partial charge in [-0.3, -0.25) is 0 Å². The molecule has 13 aromatic rings. The number of fused-ring (bicyclic) bond motifs is 8. The van der Waals surface area contributed by atoms with E-state index in [0.29, 0.717) is 0 Å². The second-order valence-corrected chi connectivity index (χ2v) is 18.9. The van der Waals surface area contributed by atoms with Crippen molar-refractivity contribution in [2.24, 2.45) is 0 Å². The Hall–Kier alpha value is -9.64. The van der Waals surface area contributed by atoms with Crippen LogP contribution < -0.4 is 9.80 Å². The fraction of sp³-hybridized carbons (Fsp3) is 0.0145. The van der Waals surface area contributed by atoms with Crippen molar-refractivity contribution >= 4 is 101 Å². The van der Waals surface area contributed by atoms with Gasteiger partial charge in [0.05, 0.1) is 33.6 Å². The second-order valence-electron chi connectivity index (χ2n) is 18.9. The summed E-state index contributed by atoms with van der Waals surface area (Å²) in [5.74, 6) is 0. The molecular weight excluding hydrogens is 885 g/mol. The van der Waals surface area contributed by atoms with Crippen LogP contribution in [0.3, 0.4) is 0 Å². The van der Waals surface area contributed by atoms with Crippen molar-refractivity contribution in [3.8, 4) is 22.5 Å². The molecule has 0 bridgehead atoms. The summed E-state index contributed by atoms with van der Waals surface area (Å²) in [6.07, 6.45) is 10.0. The SMILES string of the molecule is C1=Cc2c(n(-c3ccccc3)c3ccc(N(c4ccc(-c5ccc(N(c6ccc7c(c6)c6ccccc6n7-c6ccccc6)c6cccc7ccccc67)cc5)cc4)c4cccc5ccccc45)cc23)C=CC1. The molecule has 1 aliphatic carbocycles. The molecule has 73 heavy (non-hydrogen) atoms. The van der Waals surface area contributed by atoms with Crippen LogP contribution in [0.1, 0.15) is 17.7 Å². The van der Waals surface area contributed by atoms with Gasteiger partial charge in [0.2, 0.25) is 0 Å². The van der Waals surface area contributed by atoms with Crippen LogP contribution in [-0.2, 0) is 0 Å². The lowest BCUT2D eigenvalue weighted by atomic mass is 10.0. The fourth-order valence-corrected chi connectivity index (χ4v) is 11.3. The van der Waals surface area contributed by atoms with Gasteiger partial charge in [-0.1, -0.05) is 170 Å². The quantitative estimate of drug-likeness (QED) is 0.143. The van der Waals surface area contributed by atoms with Crippen LogP contribution in [0.2, 0.25) is 0 Å². The highest BCUT2D eigenvalue weighted by Gasteiger charge is 2.22. The first-order valence-corrected chi connectivity index (χ1v) is 25.2. The summed E-state index contributed by atoms with van der Waals surface area (Å²) in [5.41, 5.74) is 17.2. The highest BCUT2D eigenvalue weighted by atomic mass is 15.2. The van der Waals surface area contributed by atoms with Crippen molar-refractivity contribution in [3.63, 3.8) is 0 Å². The minimum absolute atomic E-state index is 0.906. The van der Waals surface area contributed by atoms with E-state index in [1.807, 2.05) is 0 Å². The van der Waals surface area contributed by atoms with Crippen molar-refractivity contribution < 1.29 is 0 Å². The molecule has 4 nitrogen and oxygen atoms in total. The molecule has 0 spiro atoms. The lowest BCUT2D eigenvalue weighted by Gasteiger charge is -2.28. The van der Waals surface area contributed by atoms with Crippen LogP contribution >= 0.6 is 0 Å². The average Bonchev–Trinajstić information content (AvgIpc) is 3.83. The van der Waals surface area contributed by atoms with Gasteiger partial charge in [-0.25, -0.2) is 0 Å². The molecule has 0 saturated carbocycles. The topological polar surface area (TPSA) is 16.3 Å². The summed E-state index contributed by atoms with van der Waals surface area (Å²) in [6, 6.07) is 92.8. The normalized spacial score (nSPS) is 12.2. The zero-order chi connectivity index (χ0) is 48.2. The van der Waals surface area contributed by atoms with Crippen molar-refractivity contribution in [3.05, 3.63) is 278 Å². The van der Waals surface area contributed by atoms with Crippen molar-refractivity contribution in [2.75, 3.05) is 9.80 Å². The van der Waals surface area contributed by atoms with Gasteiger partial charge in [-0.2, -0.15) is 0 Å². The largest absolute Gasteiger partial charge is 0.310 e. The third kappa shape index (κ3) is 7.22. The number of anilines is 6. The molecule has 0 amide bonds. The van der Waals surface area contributed by atoms with E-state index in [9.17, 15) is 0 Å². The van der Waals surface area contributed by atoms with E-state index in [1.165, 1.54) is 65.5 Å². The lowest BCUT2D eigenvalue weighted by Crippen LogP contribution is -2.11. The Bertz CT molecular complexity index is 4260. The lowest BCUT2D eigenvalue weighted by molar-refractivity contribution is 1.10. The zero-order valence-corrected chi connectivity index (χ0v) is 40.1. The minimum Gasteiger partial charge on any atom is -0.310 e. The first-order valence-electron chi connectivity index (χ1n) is 25.2. The number of aromatic nitrogens is 2. The highest BCUT2D eigenvalue weighted by molar-refractivity contribution is 6.11. The first-order chi connectivity index (χ1) is 36.2. The maximum Gasteiger partial charge on any atom is 0.0542 e. The van der Waals surface area contributed by atoms with E-state index in [1.54, 1.807) is 0 Å². The Morgan fingerprint density at radius 2 is 0.740 bits per heavy atom. The van der Waals surface area contributed by atoms with Gasteiger partial charge < -0.3 is 18.9 Å². The number of hydrogen-bond donors (Lipinski definition) is 0. The molecule has 14 rings (SSSR count). The molecule has 0 atom stereocenters. The fourth-order valence-electron chi connectivity index (χ4n) is 11.3. The van der Waals surface area contributed by atoms with E-state index >= 15 is 0 Å². The highest BCUT2D eigenvalue weighted by Crippen LogP contribution is 2.45. The second kappa shape index (κ2) is 17.6. The number of para-hydroxylation sites is 3. The molecule has 0 saturated heterocycles. The first kappa shape index (κ1) is 42.3. The number of nitrogens with zero attached hydrogens (tertiary/aromatic N) is 4. The predicted molar refractivity (Wildman–Crippen MR) is 310 cm³/mol. The van der Waals surface area contributed by atoms with Crippen LogP contribution in [0.25, 0.3) is 88.9 Å². The van der Waals surface area contributed by atoms with E-state index in [2.05, 4.69) is 298 Å². The van der Waals surface area contributed by atoms with E-state index in [-0.39, 0.29) is 0 Å².